The number of H-pyrrole nitrogens is 1. The molecule has 21 heteroatoms. The number of aliphatic hydroxyl groups excluding tert-OH is 1. The highest BCUT2D eigenvalue weighted by Gasteiger charge is 2.57. The molecule has 0 aromatic carbocycles. The summed E-state index contributed by atoms with van der Waals surface area (Å²) in [7, 11) is -17.2. The number of nitrogens with zero attached hydrogens (tertiary/aromatic N) is 1. The third-order valence-corrected chi connectivity index (χ3v) is 7.78. The van der Waals surface area contributed by atoms with Gasteiger partial charge in [-0.15, -0.1) is 6.42 Å². The molecular weight excluding hydrogens is 531 g/mol. The Hall–Kier alpha value is -1.15. The minimum absolute atomic E-state index is 0.445. The molecule has 2 heterocycles. The van der Waals surface area contributed by atoms with Crippen LogP contribution in [0.15, 0.2) is 11.0 Å². The van der Waals surface area contributed by atoms with E-state index in [0.717, 1.165) is 0 Å². The molecule has 1 aliphatic heterocycles. The Labute approximate surface area is 181 Å². The van der Waals surface area contributed by atoms with Gasteiger partial charge in [0.05, 0.1) is 6.20 Å². The topological polar surface area (TPSA) is 227 Å². The van der Waals surface area contributed by atoms with Crippen LogP contribution in [-0.2, 0) is 31.6 Å². The lowest BCUT2D eigenvalue weighted by molar-refractivity contribution is -0.0903. The fourth-order valence-electron chi connectivity index (χ4n) is 2.38. The third kappa shape index (κ3) is 6.25. The summed E-state index contributed by atoms with van der Waals surface area (Å²) in [6.07, 6.45) is -1.11. The van der Waals surface area contributed by atoms with Crippen molar-refractivity contribution in [1.29, 1.82) is 0 Å². The second-order valence-corrected chi connectivity index (χ2v) is 10.7. The number of phosphoric ester groups is 1. The zero-order valence-corrected chi connectivity index (χ0v) is 18.5. The normalized spacial score (nSPS) is 29.8. The number of phosphoric acid groups is 3. The Bertz CT molecular complexity index is 1190. The van der Waals surface area contributed by atoms with Gasteiger partial charge in [0.25, 0.3) is 5.56 Å². The summed E-state index contributed by atoms with van der Waals surface area (Å²) in [6.45, 7) is -1.40. The number of aromatic nitrogens is 2. The molecule has 1 aromatic heterocycles. The van der Waals surface area contributed by atoms with Gasteiger partial charge in [0, 0.05) is 0 Å². The highest BCUT2D eigenvalue weighted by molar-refractivity contribution is 7.71. The first kappa shape index (κ1) is 27.1. The molecule has 0 saturated carbocycles. The Morgan fingerprint density at radius 2 is 1.88 bits per heavy atom. The molecule has 180 valence electrons. The Balaban J connectivity index is 2.26. The zero-order chi connectivity index (χ0) is 24.7. The van der Waals surface area contributed by atoms with Crippen molar-refractivity contribution >= 4 is 35.7 Å². The van der Waals surface area contributed by atoms with E-state index in [0.29, 0.717) is 10.8 Å². The number of hydrogen-bond donors (Lipinski definition) is 6. The second kappa shape index (κ2) is 9.24. The van der Waals surface area contributed by atoms with Crippen molar-refractivity contribution in [3.05, 3.63) is 27.1 Å². The van der Waals surface area contributed by atoms with Gasteiger partial charge < -0.3 is 29.4 Å². The van der Waals surface area contributed by atoms with Gasteiger partial charge in [-0.1, -0.05) is 5.92 Å². The molecule has 3 unspecified atom stereocenters. The van der Waals surface area contributed by atoms with Crippen molar-refractivity contribution in [3.8, 4) is 12.3 Å². The number of rotatable bonds is 8. The molecule has 2 rings (SSSR count). The van der Waals surface area contributed by atoms with Crippen LogP contribution >= 0.6 is 35.7 Å². The summed E-state index contributed by atoms with van der Waals surface area (Å²) in [4.78, 5) is 48.6. The van der Waals surface area contributed by atoms with Gasteiger partial charge in [-0.2, -0.15) is 13.0 Å². The van der Waals surface area contributed by atoms with Gasteiger partial charge in [0.2, 0.25) is 5.82 Å². The molecule has 0 bridgehead atoms. The Morgan fingerprint density at radius 3 is 2.41 bits per heavy atom. The maximum atomic E-state index is 14.7. The fraction of sp³-hybridized carbons (Fsp3) is 0.455. The number of terminal acetylenes is 1. The lowest BCUT2D eigenvalue weighted by atomic mass is 9.98. The standard InChI is InChI=1S/C11H13F2N2O13P3S/c1-2-11(4-25-30(21,22)28-31(23,24)27-29(18,19)20)7(16)6(13)9(26-11)15-3-5(12)8(17)14-10(15)32/h1,3,6-7,9,16H,4H2,(H,21,22)(H,23,24)(H,14,17,32)(H2,18,19,20)/t6-,7?,9+,11+/m0/s1. The van der Waals surface area contributed by atoms with Gasteiger partial charge in [-0.3, -0.25) is 18.9 Å². The highest BCUT2D eigenvalue weighted by Crippen LogP contribution is 2.66. The van der Waals surface area contributed by atoms with Crippen LogP contribution in [0.5, 0.6) is 0 Å². The maximum absolute atomic E-state index is 14.7. The number of alkyl halides is 1. The van der Waals surface area contributed by atoms with E-state index >= 15 is 0 Å². The van der Waals surface area contributed by atoms with E-state index in [2.05, 4.69) is 13.1 Å². The number of aliphatic hydroxyl groups is 1. The van der Waals surface area contributed by atoms with E-state index in [4.69, 9.17) is 38.1 Å². The van der Waals surface area contributed by atoms with E-state index in [-0.39, 0.29) is 0 Å². The molecule has 1 fully saturated rings. The number of hydrogen-bond acceptors (Lipinski definition) is 10. The average molecular weight is 544 g/mol. The van der Waals surface area contributed by atoms with Crippen LogP contribution in [0.3, 0.4) is 0 Å². The molecule has 0 amide bonds. The van der Waals surface area contributed by atoms with Gasteiger partial charge >= 0.3 is 23.5 Å². The maximum Gasteiger partial charge on any atom is 0.490 e. The molecule has 32 heavy (non-hydrogen) atoms. The van der Waals surface area contributed by atoms with Gasteiger partial charge in [-0.05, 0) is 12.2 Å². The van der Waals surface area contributed by atoms with Gasteiger partial charge in [0.1, 0.15) is 12.7 Å². The van der Waals surface area contributed by atoms with E-state index in [9.17, 15) is 37.3 Å². The molecule has 1 aromatic rings. The summed E-state index contributed by atoms with van der Waals surface area (Å²) in [6, 6.07) is 0. The van der Waals surface area contributed by atoms with Crippen molar-refractivity contribution in [1.82, 2.24) is 9.55 Å². The smallest absolute Gasteiger partial charge is 0.386 e. The minimum Gasteiger partial charge on any atom is -0.386 e. The second-order valence-electron chi connectivity index (χ2n) is 5.94. The lowest BCUT2D eigenvalue weighted by Gasteiger charge is -2.27. The first-order chi connectivity index (χ1) is 14.4. The summed E-state index contributed by atoms with van der Waals surface area (Å²) in [5, 5.41) is 10.2. The quantitative estimate of drug-likeness (QED) is 0.144. The monoisotopic (exact) mass is 544 g/mol. The predicted octanol–water partition coefficient (Wildman–Crippen LogP) is -0.0119. The van der Waals surface area contributed by atoms with Crippen LogP contribution in [0.2, 0.25) is 0 Å². The van der Waals surface area contributed by atoms with Crippen LogP contribution < -0.4 is 5.56 Å². The molecule has 0 aliphatic carbocycles. The summed E-state index contributed by atoms with van der Waals surface area (Å²) in [5.74, 6) is 0.344. The molecule has 1 saturated heterocycles. The van der Waals surface area contributed by atoms with Crippen LogP contribution in [-0.4, -0.2) is 58.7 Å². The van der Waals surface area contributed by atoms with Crippen molar-refractivity contribution in [2.24, 2.45) is 0 Å². The molecule has 0 spiro atoms. The van der Waals surface area contributed by atoms with E-state index < -0.39 is 70.3 Å². The van der Waals surface area contributed by atoms with Crippen molar-refractivity contribution in [3.63, 3.8) is 0 Å². The van der Waals surface area contributed by atoms with Gasteiger partial charge in [0.15, 0.2) is 22.8 Å². The summed E-state index contributed by atoms with van der Waals surface area (Å²) in [5.41, 5.74) is -3.83. The SMILES string of the molecule is C#C[C@]1(COP(=O)(O)OP(=O)(O)OP(=O)(O)O)O[C@@H](n2cc(F)c(=O)[nH]c2=S)[C@@H](F)C1O. The Morgan fingerprint density at radius 1 is 1.28 bits per heavy atom. The molecule has 6 N–H and O–H groups in total. The number of aromatic amines is 1. The lowest BCUT2D eigenvalue weighted by Crippen LogP contribution is -2.44. The molecule has 1 aliphatic rings. The van der Waals surface area contributed by atoms with Crippen molar-refractivity contribution in [2.75, 3.05) is 6.61 Å². The van der Waals surface area contributed by atoms with Crippen LogP contribution in [0.25, 0.3) is 0 Å². The number of halogens is 2. The fourth-order valence-corrected chi connectivity index (χ4v) is 5.68. The molecule has 15 nitrogen and oxygen atoms in total. The van der Waals surface area contributed by atoms with Crippen LogP contribution in [0, 0.1) is 22.9 Å². The zero-order valence-electron chi connectivity index (χ0n) is 15.0. The molecule has 6 atom stereocenters. The van der Waals surface area contributed by atoms with Crippen LogP contribution in [0.1, 0.15) is 6.23 Å². The summed E-state index contributed by atoms with van der Waals surface area (Å²) >= 11 is 4.75. The third-order valence-electron chi connectivity index (χ3n) is 3.68. The van der Waals surface area contributed by atoms with E-state index in [1.165, 1.54) is 0 Å². The largest absolute Gasteiger partial charge is 0.490 e. The average Bonchev–Trinajstić information content (AvgIpc) is 2.85. The molecular formula is C11H13F2N2O13P3S. The van der Waals surface area contributed by atoms with E-state index in [1.54, 1.807) is 5.92 Å². The van der Waals surface area contributed by atoms with Crippen molar-refractivity contribution < 1.29 is 65.0 Å². The van der Waals surface area contributed by atoms with Crippen molar-refractivity contribution in [2.45, 2.75) is 24.1 Å². The van der Waals surface area contributed by atoms with Crippen LogP contribution in [0.4, 0.5) is 8.78 Å². The first-order valence-electron chi connectivity index (χ1n) is 7.69. The highest BCUT2D eigenvalue weighted by atomic mass is 32.1. The first-order valence-corrected chi connectivity index (χ1v) is 12.6. The van der Waals surface area contributed by atoms with Gasteiger partial charge in [-0.25, -0.2) is 18.1 Å². The number of ether oxygens (including phenoxy) is 1. The molecule has 0 radical (unpaired) electrons. The predicted molar refractivity (Wildman–Crippen MR) is 98.3 cm³/mol. The van der Waals surface area contributed by atoms with E-state index in [1.807, 2.05) is 4.98 Å². The minimum atomic E-state index is -5.86. The summed E-state index contributed by atoms with van der Waals surface area (Å²) < 4.78 is 78.5. The number of nitrogens with one attached hydrogen (secondary N) is 1. The Kier molecular flexibility index (Phi) is 7.83.